The third-order valence-corrected chi connectivity index (χ3v) is 4.73. The van der Waals surface area contributed by atoms with Crippen LogP contribution in [0.15, 0.2) is 24.3 Å². The number of piperazine rings is 1. The van der Waals surface area contributed by atoms with Crippen molar-refractivity contribution < 1.29 is 0 Å². The van der Waals surface area contributed by atoms with Crippen LogP contribution in [-0.4, -0.2) is 55.1 Å². The first-order valence-electron chi connectivity index (χ1n) is 7.49. The van der Waals surface area contributed by atoms with E-state index in [1.807, 2.05) is 0 Å². The Labute approximate surface area is 116 Å². The Balaban J connectivity index is 1.56. The first-order valence-corrected chi connectivity index (χ1v) is 7.49. The Hall–Kier alpha value is -0.900. The summed E-state index contributed by atoms with van der Waals surface area (Å²) in [7, 11) is 0. The minimum Gasteiger partial charge on any atom is -0.314 e. The fraction of sp³-hybridized carbons (Fsp3) is 0.625. The van der Waals surface area contributed by atoms with Gasteiger partial charge >= 0.3 is 0 Å². The van der Waals surface area contributed by atoms with Crippen molar-refractivity contribution in [3.05, 3.63) is 35.4 Å². The van der Waals surface area contributed by atoms with Crippen LogP contribution in [0.2, 0.25) is 0 Å². The van der Waals surface area contributed by atoms with Crippen LogP contribution in [-0.2, 0) is 0 Å². The third-order valence-electron chi connectivity index (χ3n) is 4.73. The molecule has 0 aliphatic carbocycles. The SMILES string of the molecule is Cc1ccc(C(C)N2CCN(C3CNC3)CC2)cc1. The summed E-state index contributed by atoms with van der Waals surface area (Å²) in [5.41, 5.74) is 2.79. The molecule has 3 rings (SSSR count). The molecule has 0 aromatic heterocycles. The predicted molar refractivity (Wildman–Crippen MR) is 79.4 cm³/mol. The van der Waals surface area contributed by atoms with Crippen molar-refractivity contribution in [2.75, 3.05) is 39.3 Å². The molecule has 1 unspecified atom stereocenters. The molecule has 2 saturated heterocycles. The molecule has 0 radical (unpaired) electrons. The molecule has 2 fully saturated rings. The van der Waals surface area contributed by atoms with E-state index in [1.165, 1.54) is 50.4 Å². The number of aryl methyl sites for hydroxylation is 1. The van der Waals surface area contributed by atoms with Gasteiger partial charge in [-0.2, -0.15) is 0 Å². The molecule has 2 aliphatic rings. The van der Waals surface area contributed by atoms with Gasteiger partial charge in [0.15, 0.2) is 0 Å². The van der Waals surface area contributed by atoms with E-state index < -0.39 is 0 Å². The summed E-state index contributed by atoms with van der Waals surface area (Å²) in [6, 6.07) is 10.4. The summed E-state index contributed by atoms with van der Waals surface area (Å²) < 4.78 is 0. The second kappa shape index (κ2) is 5.61. The lowest BCUT2D eigenvalue weighted by atomic mass is 10.0. The maximum Gasteiger partial charge on any atom is 0.0346 e. The Bertz CT molecular complexity index is 403. The van der Waals surface area contributed by atoms with E-state index in [1.54, 1.807) is 0 Å². The van der Waals surface area contributed by atoms with Crippen LogP contribution < -0.4 is 5.32 Å². The lowest BCUT2D eigenvalue weighted by molar-refractivity contribution is 0.0552. The van der Waals surface area contributed by atoms with E-state index in [4.69, 9.17) is 0 Å². The van der Waals surface area contributed by atoms with Crippen LogP contribution in [0.4, 0.5) is 0 Å². The predicted octanol–water partition coefficient (Wildman–Crippen LogP) is 1.65. The van der Waals surface area contributed by atoms with Crippen molar-refractivity contribution in [1.29, 1.82) is 0 Å². The van der Waals surface area contributed by atoms with Crippen molar-refractivity contribution in [1.82, 2.24) is 15.1 Å². The normalized spacial score (nSPS) is 24.1. The van der Waals surface area contributed by atoms with Gasteiger partial charge in [-0.1, -0.05) is 29.8 Å². The van der Waals surface area contributed by atoms with Crippen molar-refractivity contribution >= 4 is 0 Å². The standard InChI is InChI=1S/C16H25N3/c1-13-3-5-15(6-4-13)14(2)18-7-9-19(10-8-18)16-11-17-12-16/h3-6,14,16-17H,7-12H2,1-2H3. The fourth-order valence-corrected chi connectivity index (χ4v) is 3.08. The zero-order valence-corrected chi connectivity index (χ0v) is 12.1. The number of benzene rings is 1. The van der Waals surface area contributed by atoms with E-state index in [-0.39, 0.29) is 0 Å². The average molecular weight is 259 g/mol. The molecule has 1 aromatic carbocycles. The molecule has 3 nitrogen and oxygen atoms in total. The summed E-state index contributed by atoms with van der Waals surface area (Å²) in [4.78, 5) is 5.27. The molecule has 1 atom stereocenters. The summed E-state index contributed by atoms with van der Waals surface area (Å²) in [6.45, 7) is 11.7. The zero-order chi connectivity index (χ0) is 13.2. The van der Waals surface area contributed by atoms with Crippen LogP contribution in [0.25, 0.3) is 0 Å². The van der Waals surface area contributed by atoms with E-state index >= 15 is 0 Å². The number of nitrogens with one attached hydrogen (secondary N) is 1. The molecule has 1 aromatic rings. The van der Waals surface area contributed by atoms with Crippen molar-refractivity contribution in [2.24, 2.45) is 0 Å². The Morgan fingerprint density at radius 3 is 2.21 bits per heavy atom. The maximum atomic E-state index is 3.37. The number of rotatable bonds is 3. The van der Waals surface area contributed by atoms with Gasteiger partial charge in [0, 0.05) is 51.4 Å². The van der Waals surface area contributed by atoms with E-state index in [9.17, 15) is 0 Å². The molecular formula is C16H25N3. The maximum absolute atomic E-state index is 3.37. The molecule has 0 bridgehead atoms. The Morgan fingerprint density at radius 1 is 1.05 bits per heavy atom. The van der Waals surface area contributed by atoms with Gasteiger partial charge in [0.2, 0.25) is 0 Å². The minimum absolute atomic E-state index is 0.544. The highest BCUT2D eigenvalue weighted by Gasteiger charge is 2.29. The minimum atomic E-state index is 0.544. The highest BCUT2D eigenvalue weighted by Crippen LogP contribution is 2.22. The van der Waals surface area contributed by atoms with E-state index in [0.29, 0.717) is 6.04 Å². The van der Waals surface area contributed by atoms with Crippen molar-refractivity contribution in [3.63, 3.8) is 0 Å². The van der Waals surface area contributed by atoms with Gasteiger partial charge in [-0.15, -0.1) is 0 Å². The monoisotopic (exact) mass is 259 g/mol. The number of hydrogen-bond acceptors (Lipinski definition) is 3. The van der Waals surface area contributed by atoms with E-state index in [0.717, 1.165) is 6.04 Å². The summed E-state index contributed by atoms with van der Waals surface area (Å²) in [6.07, 6.45) is 0. The van der Waals surface area contributed by atoms with Crippen LogP contribution in [0.5, 0.6) is 0 Å². The topological polar surface area (TPSA) is 18.5 Å². The first-order chi connectivity index (χ1) is 9.24. The van der Waals surface area contributed by atoms with Gasteiger partial charge in [0.05, 0.1) is 0 Å². The molecule has 0 amide bonds. The van der Waals surface area contributed by atoms with Gasteiger partial charge in [0.1, 0.15) is 0 Å². The van der Waals surface area contributed by atoms with Crippen LogP contribution in [0.1, 0.15) is 24.1 Å². The molecule has 2 aliphatic heterocycles. The molecule has 2 heterocycles. The molecule has 1 N–H and O–H groups in total. The Morgan fingerprint density at radius 2 is 1.68 bits per heavy atom. The number of nitrogens with zero attached hydrogens (tertiary/aromatic N) is 2. The van der Waals surface area contributed by atoms with Gasteiger partial charge in [-0.05, 0) is 19.4 Å². The first kappa shape index (κ1) is 13.1. The van der Waals surface area contributed by atoms with Crippen molar-refractivity contribution in [2.45, 2.75) is 25.9 Å². The van der Waals surface area contributed by atoms with Gasteiger partial charge in [-0.3, -0.25) is 9.80 Å². The van der Waals surface area contributed by atoms with E-state index in [2.05, 4.69) is 53.2 Å². The zero-order valence-electron chi connectivity index (χ0n) is 12.1. The second-order valence-electron chi connectivity index (χ2n) is 5.97. The highest BCUT2D eigenvalue weighted by molar-refractivity contribution is 5.23. The average Bonchev–Trinajstić information content (AvgIpc) is 2.38. The van der Waals surface area contributed by atoms with Gasteiger partial charge in [-0.25, -0.2) is 0 Å². The quantitative estimate of drug-likeness (QED) is 0.890. The molecule has 3 heteroatoms. The van der Waals surface area contributed by atoms with Gasteiger partial charge < -0.3 is 5.32 Å². The molecule has 0 saturated carbocycles. The molecule has 19 heavy (non-hydrogen) atoms. The van der Waals surface area contributed by atoms with Gasteiger partial charge in [0.25, 0.3) is 0 Å². The Kier molecular flexibility index (Phi) is 3.87. The van der Waals surface area contributed by atoms with Crippen molar-refractivity contribution in [3.8, 4) is 0 Å². The highest BCUT2D eigenvalue weighted by atomic mass is 15.3. The second-order valence-corrected chi connectivity index (χ2v) is 5.97. The fourth-order valence-electron chi connectivity index (χ4n) is 3.08. The third kappa shape index (κ3) is 2.83. The largest absolute Gasteiger partial charge is 0.314 e. The lowest BCUT2D eigenvalue weighted by Crippen LogP contribution is -2.61. The summed E-state index contributed by atoms with van der Waals surface area (Å²) >= 11 is 0. The summed E-state index contributed by atoms with van der Waals surface area (Å²) in [5, 5.41) is 3.37. The summed E-state index contributed by atoms with van der Waals surface area (Å²) in [5.74, 6) is 0. The number of hydrogen-bond donors (Lipinski definition) is 1. The van der Waals surface area contributed by atoms with Crippen LogP contribution >= 0.6 is 0 Å². The smallest absolute Gasteiger partial charge is 0.0346 e. The van der Waals surface area contributed by atoms with Crippen LogP contribution in [0, 0.1) is 6.92 Å². The molecule has 0 spiro atoms. The van der Waals surface area contributed by atoms with Crippen LogP contribution in [0.3, 0.4) is 0 Å². The molecular weight excluding hydrogens is 234 g/mol. The molecule has 104 valence electrons. The lowest BCUT2D eigenvalue weighted by Gasteiger charge is -2.44.